The number of carbonyl (C=O) groups is 1. The molecule has 2 aromatic heterocycles. The van der Waals surface area contributed by atoms with Crippen molar-refractivity contribution in [3.63, 3.8) is 0 Å². The van der Waals surface area contributed by atoms with Gasteiger partial charge in [-0.2, -0.15) is 0 Å². The predicted molar refractivity (Wildman–Crippen MR) is 136 cm³/mol. The van der Waals surface area contributed by atoms with Crippen LogP contribution < -0.4 is 14.9 Å². The Morgan fingerprint density at radius 1 is 1.09 bits per heavy atom. The molecule has 0 atom stereocenters. The zero-order valence-electron chi connectivity index (χ0n) is 19.6. The van der Waals surface area contributed by atoms with Crippen molar-refractivity contribution in [2.24, 2.45) is 0 Å². The van der Waals surface area contributed by atoms with Gasteiger partial charge in [-0.3, -0.25) is 9.52 Å². The quantitative estimate of drug-likeness (QED) is 0.477. The number of anilines is 3. The van der Waals surface area contributed by atoms with Gasteiger partial charge >= 0.3 is 0 Å². The lowest BCUT2D eigenvalue weighted by atomic mass is 10.1. The van der Waals surface area contributed by atoms with Crippen LogP contribution in [0.2, 0.25) is 0 Å². The van der Waals surface area contributed by atoms with E-state index in [2.05, 4.69) is 38.8 Å². The van der Waals surface area contributed by atoms with Gasteiger partial charge in [0, 0.05) is 61.6 Å². The molecular formula is C24H30N6O3S. The average Bonchev–Trinajstić information content (AvgIpc) is 3.28. The van der Waals surface area contributed by atoms with Crippen molar-refractivity contribution < 1.29 is 13.2 Å². The van der Waals surface area contributed by atoms with Crippen molar-refractivity contribution in [1.82, 2.24) is 14.9 Å². The fraction of sp³-hybridized carbons (Fsp3) is 0.333. The molecule has 0 spiro atoms. The van der Waals surface area contributed by atoms with E-state index in [0.29, 0.717) is 43.5 Å². The van der Waals surface area contributed by atoms with Crippen LogP contribution in [0.4, 0.5) is 17.2 Å². The lowest BCUT2D eigenvalue weighted by molar-refractivity contribution is 0.0747. The van der Waals surface area contributed by atoms with Crippen molar-refractivity contribution in [2.75, 3.05) is 47.4 Å². The molecule has 9 nitrogen and oxygen atoms in total. The largest absolute Gasteiger partial charge is 0.380 e. The zero-order valence-corrected chi connectivity index (χ0v) is 20.4. The van der Waals surface area contributed by atoms with E-state index in [4.69, 9.17) is 0 Å². The van der Waals surface area contributed by atoms with Gasteiger partial charge in [0.1, 0.15) is 0 Å². The van der Waals surface area contributed by atoms with E-state index in [1.807, 2.05) is 23.1 Å². The SMILES string of the molecule is CC(C)Nc1cccnc1N1CCN(C(=O)c2c[nH]c(-c3cccc(NS(C)(=O)=O)c3)c2)CC1. The lowest BCUT2D eigenvalue weighted by Crippen LogP contribution is -2.49. The first-order valence-corrected chi connectivity index (χ1v) is 13.1. The third-order valence-corrected chi connectivity index (χ3v) is 6.11. The zero-order chi connectivity index (χ0) is 24.3. The molecule has 3 N–H and O–H groups in total. The van der Waals surface area contributed by atoms with E-state index in [1.54, 1.807) is 36.7 Å². The Balaban J connectivity index is 1.42. The van der Waals surface area contributed by atoms with E-state index in [0.717, 1.165) is 29.0 Å². The molecule has 0 aliphatic carbocycles. The van der Waals surface area contributed by atoms with Crippen LogP contribution in [0.5, 0.6) is 0 Å². The van der Waals surface area contributed by atoms with E-state index in [-0.39, 0.29) is 5.91 Å². The fourth-order valence-electron chi connectivity index (χ4n) is 4.03. The van der Waals surface area contributed by atoms with Crippen LogP contribution in [0.15, 0.2) is 54.9 Å². The molecule has 34 heavy (non-hydrogen) atoms. The number of sulfonamides is 1. The number of amides is 1. The number of hydrogen-bond donors (Lipinski definition) is 3. The normalized spacial score (nSPS) is 14.4. The number of benzene rings is 1. The Labute approximate surface area is 200 Å². The van der Waals surface area contributed by atoms with Gasteiger partial charge < -0.3 is 20.1 Å². The lowest BCUT2D eigenvalue weighted by Gasteiger charge is -2.36. The number of pyridine rings is 1. The molecule has 0 saturated carbocycles. The Morgan fingerprint density at radius 2 is 1.85 bits per heavy atom. The Morgan fingerprint density at radius 3 is 2.56 bits per heavy atom. The van der Waals surface area contributed by atoms with Crippen LogP contribution in [-0.4, -0.2) is 67.7 Å². The van der Waals surface area contributed by atoms with Crippen molar-refractivity contribution in [1.29, 1.82) is 0 Å². The summed E-state index contributed by atoms with van der Waals surface area (Å²) in [6.45, 7) is 6.79. The smallest absolute Gasteiger partial charge is 0.255 e. The number of H-pyrrole nitrogens is 1. The van der Waals surface area contributed by atoms with Gasteiger partial charge in [-0.15, -0.1) is 0 Å². The van der Waals surface area contributed by atoms with Gasteiger partial charge in [-0.05, 0) is 44.2 Å². The van der Waals surface area contributed by atoms with E-state index in [9.17, 15) is 13.2 Å². The summed E-state index contributed by atoms with van der Waals surface area (Å²) < 4.78 is 25.5. The minimum atomic E-state index is -3.37. The molecule has 4 rings (SSSR count). The number of nitrogens with zero attached hydrogens (tertiary/aromatic N) is 3. The minimum absolute atomic E-state index is 0.0332. The molecule has 1 fully saturated rings. The first-order chi connectivity index (χ1) is 16.2. The van der Waals surface area contributed by atoms with E-state index < -0.39 is 10.0 Å². The number of hydrogen-bond acceptors (Lipinski definition) is 6. The molecule has 0 radical (unpaired) electrons. The molecule has 1 amide bonds. The standard InChI is InChI=1S/C24H30N6O3S/c1-17(2)27-21-8-5-9-25-23(21)29-10-12-30(13-11-29)24(31)19-15-22(26-16-19)18-6-4-7-20(14-18)28-34(3,32)33/h4-9,14-17,26-28H,10-13H2,1-3H3. The van der Waals surface area contributed by atoms with Crippen molar-refractivity contribution >= 4 is 33.1 Å². The van der Waals surface area contributed by atoms with Crippen LogP contribution in [-0.2, 0) is 10.0 Å². The molecule has 1 aliphatic heterocycles. The van der Waals surface area contributed by atoms with E-state index >= 15 is 0 Å². The van der Waals surface area contributed by atoms with Crippen LogP contribution in [0.3, 0.4) is 0 Å². The highest BCUT2D eigenvalue weighted by Crippen LogP contribution is 2.26. The summed E-state index contributed by atoms with van der Waals surface area (Å²) in [6.07, 6.45) is 4.60. The number of rotatable bonds is 7. The molecule has 0 unspecified atom stereocenters. The van der Waals surface area contributed by atoms with Crippen LogP contribution in [0.25, 0.3) is 11.3 Å². The van der Waals surface area contributed by atoms with Gasteiger partial charge in [0.2, 0.25) is 10.0 Å². The minimum Gasteiger partial charge on any atom is -0.380 e. The third kappa shape index (κ3) is 5.69. The molecule has 1 saturated heterocycles. The third-order valence-electron chi connectivity index (χ3n) is 5.50. The summed E-state index contributed by atoms with van der Waals surface area (Å²) in [5, 5.41) is 3.44. The van der Waals surface area contributed by atoms with Crippen molar-refractivity contribution in [3.8, 4) is 11.3 Å². The fourth-order valence-corrected chi connectivity index (χ4v) is 4.58. The van der Waals surface area contributed by atoms with Crippen molar-refractivity contribution in [3.05, 3.63) is 60.4 Å². The van der Waals surface area contributed by atoms with Gasteiger partial charge in [-0.25, -0.2) is 13.4 Å². The average molecular weight is 483 g/mol. The molecule has 3 aromatic rings. The topological polar surface area (TPSA) is 110 Å². The molecular weight excluding hydrogens is 452 g/mol. The second-order valence-corrected chi connectivity index (χ2v) is 10.5. The van der Waals surface area contributed by atoms with Crippen LogP contribution in [0.1, 0.15) is 24.2 Å². The van der Waals surface area contributed by atoms with Gasteiger partial charge in [0.25, 0.3) is 5.91 Å². The van der Waals surface area contributed by atoms with Gasteiger partial charge in [-0.1, -0.05) is 12.1 Å². The summed E-state index contributed by atoms with van der Waals surface area (Å²) in [4.78, 5) is 24.9. The Kier molecular flexibility index (Phi) is 6.78. The number of aromatic amines is 1. The van der Waals surface area contributed by atoms with Crippen LogP contribution >= 0.6 is 0 Å². The first-order valence-electron chi connectivity index (χ1n) is 11.2. The Bertz CT molecular complexity index is 1260. The van der Waals surface area contributed by atoms with Gasteiger partial charge in [0.05, 0.1) is 17.5 Å². The summed E-state index contributed by atoms with van der Waals surface area (Å²) in [6, 6.07) is 13.1. The molecule has 1 aliphatic rings. The van der Waals surface area contributed by atoms with Gasteiger partial charge in [0.15, 0.2) is 5.82 Å². The van der Waals surface area contributed by atoms with E-state index in [1.165, 1.54) is 0 Å². The number of carbonyl (C=O) groups excluding carboxylic acids is 1. The molecule has 3 heterocycles. The maximum absolute atomic E-state index is 13.1. The molecule has 10 heteroatoms. The number of nitrogens with one attached hydrogen (secondary N) is 3. The predicted octanol–water partition coefficient (Wildman–Crippen LogP) is 3.23. The summed E-state index contributed by atoms with van der Waals surface area (Å²) in [5.41, 5.74) is 3.58. The summed E-state index contributed by atoms with van der Waals surface area (Å²) in [7, 11) is -3.37. The second kappa shape index (κ2) is 9.76. The molecule has 180 valence electrons. The summed E-state index contributed by atoms with van der Waals surface area (Å²) in [5.74, 6) is 0.879. The number of piperazine rings is 1. The van der Waals surface area contributed by atoms with Crippen molar-refractivity contribution in [2.45, 2.75) is 19.9 Å². The highest BCUT2D eigenvalue weighted by atomic mass is 32.2. The highest BCUT2D eigenvalue weighted by Gasteiger charge is 2.25. The molecule has 0 bridgehead atoms. The Hall–Kier alpha value is -3.53. The highest BCUT2D eigenvalue weighted by molar-refractivity contribution is 7.92. The monoisotopic (exact) mass is 482 g/mol. The maximum Gasteiger partial charge on any atom is 0.255 e. The maximum atomic E-state index is 13.1. The molecule has 1 aromatic carbocycles. The van der Waals surface area contributed by atoms with Crippen LogP contribution in [0, 0.1) is 0 Å². The summed E-state index contributed by atoms with van der Waals surface area (Å²) >= 11 is 0. The number of aromatic nitrogens is 2. The first kappa shape index (κ1) is 23.6. The second-order valence-electron chi connectivity index (χ2n) is 8.71.